The minimum Gasteiger partial charge on any atom is -0.399 e. The summed E-state index contributed by atoms with van der Waals surface area (Å²) in [5, 5.41) is 0. The van der Waals surface area contributed by atoms with Crippen LogP contribution < -0.4 is 5.73 Å². The van der Waals surface area contributed by atoms with Gasteiger partial charge in [-0.3, -0.25) is 4.79 Å². The Hall–Kier alpha value is -1.58. The molecule has 3 nitrogen and oxygen atoms in total. The van der Waals surface area contributed by atoms with Crippen LogP contribution in [0.5, 0.6) is 0 Å². The number of carbonyl (C=O) groups is 1. The summed E-state index contributed by atoms with van der Waals surface area (Å²) < 4.78 is 12.9. The molecule has 1 aromatic rings. The summed E-state index contributed by atoms with van der Waals surface area (Å²) in [6.45, 7) is 1.52. The van der Waals surface area contributed by atoms with Gasteiger partial charge in [0.2, 0.25) is 0 Å². The van der Waals surface area contributed by atoms with Gasteiger partial charge in [-0.05, 0) is 24.6 Å². The van der Waals surface area contributed by atoms with E-state index in [0.717, 1.165) is 19.5 Å². The summed E-state index contributed by atoms with van der Waals surface area (Å²) in [6.07, 6.45) is 1.02. The van der Waals surface area contributed by atoms with Crippen LogP contribution in [0.25, 0.3) is 0 Å². The van der Waals surface area contributed by atoms with Crippen molar-refractivity contribution in [3.05, 3.63) is 29.6 Å². The lowest BCUT2D eigenvalue weighted by atomic mass is 10.1. The molecule has 0 bridgehead atoms. The molecule has 1 heterocycles. The molecule has 1 fully saturated rings. The van der Waals surface area contributed by atoms with Crippen molar-refractivity contribution in [1.29, 1.82) is 0 Å². The molecule has 1 amide bonds. The van der Waals surface area contributed by atoms with Gasteiger partial charge >= 0.3 is 0 Å². The number of nitrogen functional groups attached to an aromatic ring is 1. The number of halogens is 1. The van der Waals surface area contributed by atoms with E-state index in [-0.39, 0.29) is 11.6 Å². The fraction of sp³-hybridized carbons (Fsp3) is 0.300. The highest BCUT2D eigenvalue weighted by atomic mass is 19.1. The van der Waals surface area contributed by atoms with E-state index in [1.807, 2.05) is 0 Å². The van der Waals surface area contributed by atoms with Crippen LogP contribution in [0.15, 0.2) is 18.2 Å². The second-order valence-electron chi connectivity index (χ2n) is 3.42. The standard InChI is InChI=1S/C10H11FN2O/c11-8-4-7(5-9(12)6-8)10(14)13-2-1-3-13/h4-6H,1-3,12H2. The number of benzene rings is 1. The molecule has 0 saturated carbocycles. The lowest BCUT2D eigenvalue weighted by molar-refractivity contribution is 0.0651. The smallest absolute Gasteiger partial charge is 0.254 e. The van der Waals surface area contributed by atoms with E-state index in [1.54, 1.807) is 4.90 Å². The second kappa shape index (κ2) is 3.29. The maximum Gasteiger partial charge on any atom is 0.254 e. The second-order valence-corrected chi connectivity index (χ2v) is 3.42. The third-order valence-corrected chi connectivity index (χ3v) is 2.31. The first-order valence-electron chi connectivity index (χ1n) is 4.52. The lowest BCUT2D eigenvalue weighted by Crippen LogP contribution is -2.42. The average molecular weight is 194 g/mol. The highest BCUT2D eigenvalue weighted by Crippen LogP contribution is 2.16. The first-order valence-corrected chi connectivity index (χ1v) is 4.52. The quantitative estimate of drug-likeness (QED) is 0.684. The van der Waals surface area contributed by atoms with Crippen LogP contribution in [0.1, 0.15) is 16.8 Å². The molecule has 2 rings (SSSR count). The first-order chi connectivity index (χ1) is 6.66. The summed E-state index contributed by atoms with van der Waals surface area (Å²) in [5.74, 6) is -0.601. The molecule has 1 aromatic carbocycles. The third kappa shape index (κ3) is 1.55. The molecule has 0 atom stereocenters. The minimum atomic E-state index is -0.464. The van der Waals surface area contributed by atoms with Gasteiger partial charge in [-0.15, -0.1) is 0 Å². The fourth-order valence-corrected chi connectivity index (χ4v) is 1.44. The fourth-order valence-electron chi connectivity index (χ4n) is 1.44. The third-order valence-electron chi connectivity index (χ3n) is 2.31. The average Bonchev–Trinajstić information content (AvgIpc) is 1.98. The highest BCUT2D eigenvalue weighted by molar-refractivity contribution is 5.95. The Morgan fingerprint density at radius 3 is 2.57 bits per heavy atom. The van der Waals surface area contributed by atoms with Crippen LogP contribution in [-0.4, -0.2) is 23.9 Å². The van der Waals surface area contributed by atoms with Gasteiger partial charge in [-0.25, -0.2) is 4.39 Å². The number of anilines is 1. The molecule has 2 N–H and O–H groups in total. The maximum absolute atomic E-state index is 12.9. The normalized spacial score (nSPS) is 15.1. The Morgan fingerprint density at radius 2 is 2.07 bits per heavy atom. The summed E-state index contributed by atoms with van der Waals surface area (Å²) in [7, 11) is 0. The van der Waals surface area contributed by atoms with Gasteiger partial charge in [-0.1, -0.05) is 0 Å². The van der Waals surface area contributed by atoms with Crippen molar-refractivity contribution in [3.63, 3.8) is 0 Å². The molecule has 0 unspecified atom stereocenters. The van der Waals surface area contributed by atoms with E-state index in [0.29, 0.717) is 5.56 Å². The predicted octanol–water partition coefficient (Wildman–Crippen LogP) is 1.25. The Bertz CT molecular complexity index is 354. The maximum atomic E-state index is 12.9. The van der Waals surface area contributed by atoms with Crippen LogP contribution in [0.2, 0.25) is 0 Å². The van der Waals surface area contributed by atoms with Crippen molar-refractivity contribution >= 4 is 11.6 Å². The molecule has 0 aliphatic carbocycles. The number of carbonyl (C=O) groups excluding carboxylic acids is 1. The monoisotopic (exact) mass is 194 g/mol. The molecule has 0 radical (unpaired) electrons. The molecule has 74 valence electrons. The number of hydrogen-bond acceptors (Lipinski definition) is 2. The summed E-state index contributed by atoms with van der Waals surface area (Å²) in [6, 6.07) is 3.92. The predicted molar refractivity (Wildman–Crippen MR) is 51.3 cm³/mol. The summed E-state index contributed by atoms with van der Waals surface area (Å²) >= 11 is 0. The zero-order chi connectivity index (χ0) is 10.1. The molecular formula is C10H11FN2O. The molecule has 1 aliphatic heterocycles. The zero-order valence-electron chi connectivity index (χ0n) is 7.66. The van der Waals surface area contributed by atoms with Gasteiger partial charge in [0, 0.05) is 24.3 Å². The number of rotatable bonds is 1. The van der Waals surface area contributed by atoms with Crippen LogP contribution in [-0.2, 0) is 0 Å². The number of likely N-dealkylation sites (tertiary alicyclic amines) is 1. The van der Waals surface area contributed by atoms with Crippen LogP contribution >= 0.6 is 0 Å². The van der Waals surface area contributed by atoms with E-state index in [2.05, 4.69) is 0 Å². The molecular weight excluding hydrogens is 183 g/mol. The molecule has 0 spiro atoms. The van der Waals surface area contributed by atoms with Gasteiger partial charge < -0.3 is 10.6 Å². The van der Waals surface area contributed by atoms with Gasteiger partial charge in [-0.2, -0.15) is 0 Å². The molecule has 1 aliphatic rings. The van der Waals surface area contributed by atoms with Gasteiger partial charge in [0.25, 0.3) is 5.91 Å². The lowest BCUT2D eigenvalue weighted by Gasteiger charge is -2.30. The Morgan fingerprint density at radius 1 is 1.36 bits per heavy atom. The van der Waals surface area contributed by atoms with E-state index < -0.39 is 5.82 Å². The summed E-state index contributed by atoms with van der Waals surface area (Å²) in [4.78, 5) is 13.3. The van der Waals surface area contributed by atoms with Crippen LogP contribution in [0.3, 0.4) is 0 Å². The van der Waals surface area contributed by atoms with Gasteiger partial charge in [0.1, 0.15) is 5.82 Å². The van der Waals surface area contributed by atoms with Crippen molar-refractivity contribution < 1.29 is 9.18 Å². The van der Waals surface area contributed by atoms with Crippen molar-refractivity contribution in [1.82, 2.24) is 4.90 Å². The van der Waals surface area contributed by atoms with Crippen molar-refractivity contribution in [3.8, 4) is 0 Å². The van der Waals surface area contributed by atoms with E-state index in [1.165, 1.54) is 18.2 Å². The molecule has 14 heavy (non-hydrogen) atoms. The summed E-state index contributed by atoms with van der Waals surface area (Å²) in [5.41, 5.74) is 6.07. The van der Waals surface area contributed by atoms with E-state index in [9.17, 15) is 9.18 Å². The van der Waals surface area contributed by atoms with E-state index >= 15 is 0 Å². The van der Waals surface area contributed by atoms with Crippen LogP contribution in [0, 0.1) is 5.82 Å². The van der Waals surface area contributed by atoms with Crippen LogP contribution in [0.4, 0.5) is 10.1 Å². The minimum absolute atomic E-state index is 0.137. The van der Waals surface area contributed by atoms with Crippen molar-refractivity contribution in [2.75, 3.05) is 18.8 Å². The zero-order valence-corrected chi connectivity index (χ0v) is 7.66. The van der Waals surface area contributed by atoms with Crippen molar-refractivity contribution in [2.24, 2.45) is 0 Å². The molecule has 0 aromatic heterocycles. The number of hydrogen-bond donors (Lipinski definition) is 1. The topological polar surface area (TPSA) is 46.3 Å². The molecule has 4 heteroatoms. The van der Waals surface area contributed by atoms with Gasteiger partial charge in [0.15, 0.2) is 0 Å². The Kier molecular flexibility index (Phi) is 2.11. The van der Waals surface area contributed by atoms with Crippen molar-refractivity contribution in [2.45, 2.75) is 6.42 Å². The van der Waals surface area contributed by atoms with E-state index in [4.69, 9.17) is 5.73 Å². The largest absolute Gasteiger partial charge is 0.399 e. The number of nitrogens with two attached hydrogens (primary N) is 1. The Labute approximate surface area is 81.3 Å². The molecule has 1 saturated heterocycles. The first kappa shape index (κ1) is 8.99. The Balaban J connectivity index is 2.26. The highest BCUT2D eigenvalue weighted by Gasteiger charge is 2.21. The number of nitrogens with zero attached hydrogens (tertiary/aromatic N) is 1. The number of amides is 1. The van der Waals surface area contributed by atoms with Gasteiger partial charge in [0.05, 0.1) is 0 Å². The SMILES string of the molecule is Nc1cc(F)cc(C(=O)N2CCC2)c1.